The van der Waals surface area contributed by atoms with Gasteiger partial charge in [-0.3, -0.25) is 0 Å². The van der Waals surface area contributed by atoms with Crippen molar-refractivity contribution in [2.45, 2.75) is 37.3 Å². The Hall–Kier alpha value is 0.914. The minimum absolute atomic E-state index is 0.141. The van der Waals surface area contributed by atoms with Gasteiger partial charge in [-0.05, 0) is 0 Å². The average molecular weight is 222 g/mol. The fourth-order valence-electron chi connectivity index (χ4n) is 1.20. The minimum atomic E-state index is -0.794. The minimum Gasteiger partial charge on any atom is -0.127 e. The Morgan fingerprint density at radius 1 is 1.33 bits per heavy atom. The second kappa shape index (κ2) is 2.88. The van der Waals surface area contributed by atoms with Gasteiger partial charge >= 0.3 is 0 Å². The first-order valence-corrected chi connectivity index (χ1v) is 11.2. The van der Waals surface area contributed by atoms with Gasteiger partial charge in [-0.25, -0.2) is 0 Å². The highest BCUT2D eigenvalue weighted by atomic mass is 79.9. The van der Waals surface area contributed by atoms with Crippen LogP contribution in [0, 0.1) is 0 Å². The zero-order chi connectivity index (χ0) is 6.91. The van der Waals surface area contributed by atoms with Gasteiger partial charge < -0.3 is 0 Å². The molecule has 9 heavy (non-hydrogen) atoms. The zero-order valence-corrected chi connectivity index (χ0v) is 9.79. The maximum atomic E-state index is 3.88. The molecule has 0 atom stereocenters. The molecule has 0 spiro atoms. The van der Waals surface area contributed by atoms with Gasteiger partial charge in [0.25, 0.3) is 0 Å². The third-order valence-corrected chi connectivity index (χ3v) is 10.3. The lowest BCUT2D eigenvalue weighted by molar-refractivity contribution is 1.18. The van der Waals surface area contributed by atoms with Crippen LogP contribution in [0.5, 0.6) is 0 Å². The van der Waals surface area contributed by atoms with Crippen LogP contribution in [0.15, 0.2) is 0 Å². The first kappa shape index (κ1) is 8.01. The van der Waals surface area contributed by atoms with Crippen molar-refractivity contribution in [3.63, 3.8) is 0 Å². The van der Waals surface area contributed by atoms with E-state index in [9.17, 15) is 0 Å². The van der Waals surface area contributed by atoms with E-state index >= 15 is 0 Å². The smallest absolute Gasteiger partial charge is 0.126 e. The summed E-state index contributed by atoms with van der Waals surface area (Å²) in [5.74, 6) is 0. The summed E-state index contributed by atoms with van der Waals surface area (Å²) in [6.45, 7) is 4.14. The van der Waals surface area contributed by atoms with Crippen molar-refractivity contribution >= 4 is 30.8 Å². The van der Waals surface area contributed by atoms with Crippen molar-refractivity contribution in [2.24, 2.45) is 0 Å². The number of halogens is 1. The second-order valence-corrected chi connectivity index (χ2v) is 15.9. The predicted octanol–water partition coefficient (Wildman–Crippen LogP) is 3.09. The third kappa shape index (κ3) is 2.55. The molecule has 0 aromatic rings. The van der Waals surface area contributed by atoms with E-state index in [0.717, 1.165) is 0 Å². The molecular formula is C6H14BrSi2. The SMILES string of the molecule is C[Si]1CC[Si](C)(Br)CC1. The molecule has 1 radical (unpaired) electrons. The topological polar surface area (TPSA) is 0 Å². The van der Waals surface area contributed by atoms with E-state index in [1.807, 2.05) is 0 Å². The molecule has 0 saturated carbocycles. The van der Waals surface area contributed by atoms with E-state index in [4.69, 9.17) is 0 Å². The van der Waals surface area contributed by atoms with E-state index in [1.165, 1.54) is 12.1 Å². The van der Waals surface area contributed by atoms with Crippen LogP contribution in [0.2, 0.25) is 37.3 Å². The molecule has 1 aliphatic rings. The molecule has 0 nitrogen and oxygen atoms in total. The summed E-state index contributed by atoms with van der Waals surface area (Å²) in [4.78, 5) is 0. The fraction of sp³-hybridized carbons (Fsp3) is 1.00. The highest BCUT2D eigenvalue weighted by Gasteiger charge is 2.29. The Morgan fingerprint density at radius 3 is 2.11 bits per heavy atom. The van der Waals surface area contributed by atoms with E-state index in [1.54, 1.807) is 12.1 Å². The van der Waals surface area contributed by atoms with Crippen molar-refractivity contribution in [1.82, 2.24) is 0 Å². The van der Waals surface area contributed by atoms with Gasteiger partial charge in [-0.2, -0.15) is 0 Å². The van der Waals surface area contributed by atoms with Gasteiger partial charge in [0.15, 0.2) is 0 Å². The predicted molar refractivity (Wildman–Crippen MR) is 51.4 cm³/mol. The Morgan fingerprint density at radius 2 is 1.78 bits per heavy atom. The first-order chi connectivity index (χ1) is 4.10. The van der Waals surface area contributed by atoms with E-state index in [0.29, 0.717) is 0 Å². The van der Waals surface area contributed by atoms with Crippen LogP contribution < -0.4 is 0 Å². The number of hydrogen-bond donors (Lipinski definition) is 0. The van der Waals surface area contributed by atoms with Crippen LogP contribution >= 0.6 is 15.3 Å². The van der Waals surface area contributed by atoms with E-state index < -0.39 is 6.69 Å². The molecule has 1 heterocycles. The maximum absolute atomic E-state index is 3.88. The molecule has 0 unspecified atom stereocenters. The first-order valence-electron chi connectivity index (χ1n) is 3.60. The van der Waals surface area contributed by atoms with Crippen molar-refractivity contribution in [3.8, 4) is 0 Å². The monoisotopic (exact) mass is 221 g/mol. The Labute approximate surface area is 68.2 Å². The maximum Gasteiger partial charge on any atom is 0.126 e. The molecule has 3 heteroatoms. The van der Waals surface area contributed by atoms with Crippen molar-refractivity contribution in [3.05, 3.63) is 0 Å². The highest BCUT2D eigenvalue weighted by molar-refractivity contribution is 9.26. The Kier molecular flexibility index (Phi) is 2.57. The third-order valence-electron chi connectivity index (χ3n) is 2.15. The largest absolute Gasteiger partial charge is 0.127 e. The number of rotatable bonds is 0. The normalized spacial score (nSPS) is 28.3. The van der Waals surface area contributed by atoms with Crippen LogP contribution in [0.3, 0.4) is 0 Å². The lowest BCUT2D eigenvalue weighted by Crippen LogP contribution is -2.29. The van der Waals surface area contributed by atoms with Gasteiger partial charge in [0, 0.05) is 8.80 Å². The van der Waals surface area contributed by atoms with Crippen LogP contribution in [0.25, 0.3) is 0 Å². The summed E-state index contributed by atoms with van der Waals surface area (Å²) in [6.07, 6.45) is 0. The lowest BCUT2D eigenvalue weighted by Gasteiger charge is -2.27. The summed E-state index contributed by atoms with van der Waals surface area (Å²) in [6, 6.07) is 6.22. The molecule has 0 aromatic heterocycles. The van der Waals surface area contributed by atoms with Gasteiger partial charge in [-0.15, -0.1) is 15.3 Å². The average Bonchev–Trinajstić information content (AvgIpc) is 1.78. The summed E-state index contributed by atoms with van der Waals surface area (Å²) in [7, 11) is 0.141. The molecule has 1 saturated heterocycles. The summed E-state index contributed by atoms with van der Waals surface area (Å²) in [5, 5.41) is 0. The van der Waals surface area contributed by atoms with Crippen molar-refractivity contribution < 1.29 is 0 Å². The summed E-state index contributed by atoms with van der Waals surface area (Å²) < 4.78 is 0. The van der Waals surface area contributed by atoms with Crippen molar-refractivity contribution in [1.29, 1.82) is 0 Å². The molecular weight excluding hydrogens is 208 g/mol. The van der Waals surface area contributed by atoms with E-state index in [2.05, 4.69) is 28.4 Å². The van der Waals surface area contributed by atoms with Crippen LogP contribution in [0.1, 0.15) is 0 Å². The summed E-state index contributed by atoms with van der Waals surface area (Å²) >= 11 is 3.88. The molecule has 0 aromatic carbocycles. The molecule has 1 rings (SSSR count). The van der Waals surface area contributed by atoms with Crippen LogP contribution in [-0.2, 0) is 0 Å². The highest BCUT2D eigenvalue weighted by Crippen LogP contribution is 2.33. The molecule has 0 amide bonds. The van der Waals surface area contributed by atoms with Crippen LogP contribution in [-0.4, -0.2) is 15.5 Å². The molecule has 1 fully saturated rings. The van der Waals surface area contributed by atoms with Gasteiger partial charge in [0.05, 0.1) is 0 Å². The zero-order valence-electron chi connectivity index (χ0n) is 6.21. The second-order valence-electron chi connectivity index (χ2n) is 3.37. The molecule has 1 aliphatic heterocycles. The van der Waals surface area contributed by atoms with Crippen LogP contribution in [0.4, 0.5) is 0 Å². The Bertz CT molecular complexity index is 93.2. The lowest BCUT2D eigenvalue weighted by atomic mass is 10.9. The standard InChI is InChI=1S/C6H14BrSi2/c1-8-3-5-9(2,7)6-4-8/h3-6H2,1-2H3. The fourth-order valence-corrected chi connectivity index (χ4v) is 12.9. The number of hydrogen-bond acceptors (Lipinski definition) is 0. The van der Waals surface area contributed by atoms with Crippen molar-refractivity contribution in [2.75, 3.05) is 0 Å². The van der Waals surface area contributed by atoms with Gasteiger partial charge in [-0.1, -0.05) is 37.3 Å². The quantitative estimate of drug-likeness (QED) is 0.436. The van der Waals surface area contributed by atoms with Gasteiger partial charge in [0.1, 0.15) is 6.69 Å². The molecule has 0 N–H and O–H groups in total. The molecule has 0 bridgehead atoms. The molecule has 0 aliphatic carbocycles. The molecule has 53 valence electrons. The Balaban J connectivity index is 2.35. The van der Waals surface area contributed by atoms with E-state index in [-0.39, 0.29) is 8.80 Å². The summed E-state index contributed by atoms with van der Waals surface area (Å²) in [5.41, 5.74) is 0. The van der Waals surface area contributed by atoms with Gasteiger partial charge in [0.2, 0.25) is 0 Å².